The van der Waals surface area contributed by atoms with Gasteiger partial charge in [-0.15, -0.1) is 0 Å². The zero-order valence-corrected chi connectivity index (χ0v) is 8.21. The van der Waals surface area contributed by atoms with Gasteiger partial charge in [-0.25, -0.2) is 0 Å². The van der Waals surface area contributed by atoms with Crippen molar-refractivity contribution in [2.45, 2.75) is 0 Å². The van der Waals surface area contributed by atoms with Crippen LogP contribution in [0.15, 0.2) is 24.3 Å². The summed E-state index contributed by atoms with van der Waals surface area (Å²) in [5, 5.41) is 19.1. The molecule has 0 fully saturated rings. The van der Waals surface area contributed by atoms with Gasteiger partial charge in [0.15, 0.2) is 5.75 Å². The molecule has 0 unspecified atom stereocenters. The average Bonchev–Trinajstić information content (AvgIpc) is 2.25. The average molecular weight is 209 g/mol. The first-order valence-corrected chi connectivity index (χ1v) is 4.29. The van der Waals surface area contributed by atoms with E-state index in [1.54, 1.807) is 24.3 Å². The first kappa shape index (κ1) is 11.2. The van der Waals surface area contributed by atoms with Crippen LogP contribution in [0.4, 0.5) is 5.69 Å². The number of aliphatic hydroxyl groups excluding tert-OH is 1. The number of nitro groups is 1. The maximum absolute atomic E-state index is 10.6. The third-order valence-corrected chi connectivity index (χ3v) is 1.82. The van der Waals surface area contributed by atoms with Crippen LogP contribution < -0.4 is 4.74 Å². The lowest BCUT2D eigenvalue weighted by atomic mass is 10.2. The molecular formula is C10H11NO4. The van der Waals surface area contributed by atoms with E-state index in [0.717, 1.165) is 5.56 Å². The molecular weight excluding hydrogens is 198 g/mol. The van der Waals surface area contributed by atoms with Gasteiger partial charge in [0, 0.05) is 6.07 Å². The molecule has 0 atom stereocenters. The summed E-state index contributed by atoms with van der Waals surface area (Å²) in [6.45, 7) is -0.0701. The molecule has 1 aromatic carbocycles. The summed E-state index contributed by atoms with van der Waals surface area (Å²) in [4.78, 5) is 10.1. The van der Waals surface area contributed by atoms with E-state index in [4.69, 9.17) is 9.84 Å². The molecule has 0 aromatic heterocycles. The third kappa shape index (κ3) is 2.78. The maximum Gasteiger partial charge on any atom is 0.310 e. The molecule has 0 spiro atoms. The monoisotopic (exact) mass is 209 g/mol. The molecule has 80 valence electrons. The topological polar surface area (TPSA) is 72.6 Å². The van der Waals surface area contributed by atoms with Gasteiger partial charge in [-0.1, -0.05) is 12.2 Å². The molecule has 0 aliphatic rings. The molecule has 1 rings (SSSR count). The lowest BCUT2D eigenvalue weighted by molar-refractivity contribution is -0.385. The number of nitrogens with zero attached hydrogens (tertiary/aromatic N) is 1. The first-order chi connectivity index (χ1) is 7.19. The quantitative estimate of drug-likeness (QED) is 0.604. The van der Waals surface area contributed by atoms with Crippen molar-refractivity contribution in [1.82, 2.24) is 0 Å². The number of ether oxygens (including phenoxy) is 1. The molecule has 0 aliphatic carbocycles. The number of hydrogen-bond acceptors (Lipinski definition) is 4. The smallest absolute Gasteiger partial charge is 0.310 e. The van der Waals surface area contributed by atoms with E-state index >= 15 is 0 Å². The molecule has 1 aromatic rings. The van der Waals surface area contributed by atoms with Crippen LogP contribution in [0.2, 0.25) is 0 Å². The van der Waals surface area contributed by atoms with Crippen molar-refractivity contribution in [2.75, 3.05) is 13.7 Å². The highest BCUT2D eigenvalue weighted by Gasteiger charge is 2.13. The van der Waals surface area contributed by atoms with Crippen molar-refractivity contribution >= 4 is 11.8 Å². The van der Waals surface area contributed by atoms with Crippen LogP contribution >= 0.6 is 0 Å². The SMILES string of the molecule is COc1cc(/C=C/CO)ccc1[N+](=O)[O-]. The second-order valence-electron chi connectivity index (χ2n) is 2.77. The van der Waals surface area contributed by atoms with Gasteiger partial charge in [-0.3, -0.25) is 10.1 Å². The second-order valence-corrected chi connectivity index (χ2v) is 2.77. The number of nitro benzene ring substituents is 1. The van der Waals surface area contributed by atoms with Gasteiger partial charge in [0.2, 0.25) is 0 Å². The summed E-state index contributed by atoms with van der Waals surface area (Å²) >= 11 is 0. The normalized spacial score (nSPS) is 10.5. The summed E-state index contributed by atoms with van der Waals surface area (Å²) in [5.74, 6) is 0.208. The van der Waals surface area contributed by atoms with E-state index in [1.807, 2.05) is 0 Å². The van der Waals surface area contributed by atoms with Gasteiger partial charge in [-0.2, -0.15) is 0 Å². The van der Waals surface area contributed by atoms with Gasteiger partial charge in [0.1, 0.15) is 0 Å². The van der Waals surface area contributed by atoms with Gasteiger partial charge in [0.25, 0.3) is 0 Å². The van der Waals surface area contributed by atoms with Crippen LogP contribution in [0.1, 0.15) is 5.56 Å². The Kier molecular flexibility index (Phi) is 3.82. The Morgan fingerprint density at radius 3 is 2.87 bits per heavy atom. The van der Waals surface area contributed by atoms with Crippen LogP contribution in [0, 0.1) is 10.1 Å². The van der Waals surface area contributed by atoms with Gasteiger partial charge in [0.05, 0.1) is 18.6 Å². The van der Waals surface area contributed by atoms with Gasteiger partial charge < -0.3 is 9.84 Å². The van der Waals surface area contributed by atoms with E-state index in [1.165, 1.54) is 13.2 Å². The Balaban J connectivity index is 3.07. The molecule has 15 heavy (non-hydrogen) atoms. The maximum atomic E-state index is 10.6. The Morgan fingerprint density at radius 1 is 1.60 bits per heavy atom. The lowest BCUT2D eigenvalue weighted by Gasteiger charge is -2.02. The molecule has 0 aliphatic heterocycles. The van der Waals surface area contributed by atoms with Crippen LogP contribution in [0.25, 0.3) is 6.08 Å². The number of rotatable bonds is 4. The largest absolute Gasteiger partial charge is 0.490 e. The van der Waals surface area contributed by atoms with Crippen molar-refractivity contribution in [3.05, 3.63) is 40.0 Å². The zero-order chi connectivity index (χ0) is 11.3. The number of methoxy groups -OCH3 is 1. The lowest BCUT2D eigenvalue weighted by Crippen LogP contribution is -1.93. The van der Waals surface area contributed by atoms with E-state index in [0.29, 0.717) is 0 Å². The summed E-state index contributed by atoms with van der Waals surface area (Å²) in [6, 6.07) is 4.51. The summed E-state index contributed by atoms with van der Waals surface area (Å²) < 4.78 is 4.89. The van der Waals surface area contributed by atoms with Gasteiger partial charge in [-0.05, 0) is 17.7 Å². The summed E-state index contributed by atoms with van der Waals surface area (Å²) in [7, 11) is 1.38. The minimum Gasteiger partial charge on any atom is -0.490 e. The predicted octanol–water partition coefficient (Wildman–Crippen LogP) is 1.61. The van der Waals surface area contributed by atoms with E-state index < -0.39 is 4.92 Å². The Hall–Kier alpha value is -1.88. The van der Waals surface area contributed by atoms with Crippen molar-refractivity contribution in [3.8, 4) is 5.75 Å². The van der Waals surface area contributed by atoms with Crippen molar-refractivity contribution in [3.63, 3.8) is 0 Å². The van der Waals surface area contributed by atoms with Crippen molar-refractivity contribution in [1.29, 1.82) is 0 Å². The van der Waals surface area contributed by atoms with Crippen LogP contribution in [-0.4, -0.2) is 23.7 Å². The van der Waals surface area contributed by atoms with E-state index in [2.05, 4.69) is 0 Å². The highest BCUT2D eigenvalue weighted by molar-refractivity contribution is 5.58. The van der Waals surface area contributed by atoms with Crippen LogP contribution in [0.5, 0.6) is 5.75 Å². The number of hydrogen-bond donors (Lipinski definition) is 1. The van der Waals surface area contributed by atoms with Gasteiger partial charge >= 0.3 is 5.69 Å². The fourth-order valence-electron chi connectivity index (χ4n) is 1.14. The Morgan fingerprint density at radius 2 is 2.33 bits per heavy atom. The third-order valence-electron chi connectivity index (χ3n) is 1.82. The number of aliphatic hydroxyl groups is 1. The highest BCUT2D eigenvalue weighted by atomic mass is 16.6. The molecule has 0 saturated heterocycles. The fraction of sp³-hybridized carbons (Fsp3) is 0.200. The molecule has 0 heterocycles. The number of benzene rings is 1. The molecule has 1 N–H and O–H groups in total. The molecule has 0 bridgehead atoms. The molecule has 0 saturated carbocycles. The second kappa shape index (κ2) is 5.11. The van der Waals surface area contributed by atoms with Crippen molar-refractivity contribution < 1.29 is 14.8 Å². The minimum absolute atomic E-state index is 0.0701. The fourth-order valence-corrected chi connectivity index (χ4v) is 1.14. The molecule has 5 nitrogen and oxygen atoms in total. The minimum atomic E-state index is -0.502. The highest BCUT2D eigenvalue weighted by Crippen LogP contribution is 2.27. The van der Waals surface area contributed by atoms with Crippen molar-refractivity contribution in [2.24, 2.45) is 0 Å². The molecule has 5 heteroatoms. The Labute approximate surface area is 86.8 Å². The molecule has 0 radical (unpaired) electrons. The summed E-state index contributed by atoms with van der Waals surface area (Å²) in [6.07, 6.45) is 3.20. The van der Waals surface area contributed by atoms with E-state index in [9.17, 15) is 10.1 Å². The predicted molar refractivity (Wildman–Crippen MR) is 55.8 cm³/mol. The first-order valence-electron chi connectivity index (χ1n) is 4.29. The van der Waals surface area contributed by atoms with Crippen LogP contribution in [-0.2, 0) is 0 Å². The standard InChI is InChI=1S/C10H11NO4/c1-15-10-7-8(3-2-6-12)4-5-9(10)11(13)14/h2-5,7,12H,6H2,1H3/b3-2+. The van der Waals surface area contributed by atoms with E-state index in [-0.39, 0.29) is 18.0 Å². The summed E-state index contributed by atoms with van der Waals surface area (Å²) in [5.41, 5.74) is 0.671. The molecule has 0 amide bonds. The van der Waals surface area contributed by atoms with Crippen LogP contribution in [0.3, 0.4) is 0 Å². The zero-order valence-electron chi connectivity index (χ0n) is 8.21. The Bertz CT molecular complexity index is 387.